The van der Waals surface area contributed by atoms with E-state index in [1.54, 1.807) is 30.8 Å². The van der Waals surface area contributed by atoms with Crippen molar-refractivity contribution >= 4 is 23.6 Å². The van der Waals surface area contributed by atoms with Crippen LogP contribution in [0.2, 0.25) is 0 Å². The Balaban J connectivity index is 0.000000677. The highest BCUT2D eigenvalue weighted by Crippen LogP contribution is 2.25. The Morgan fingerprint density at radius 2 is 2.10 bits per heavy atom. The molecular weight excluding hydrogens is 292 g/mol. The van der Waals surface area contributed by atoms with Crippen LogP contribution in [0.5, 0.6) is 0 Å². The van der Waals surface area contributed by atoms with Crippen LogP contribution in [0.25, 0.3) is 11.4 Å². The van der Waals surface area contributed by atoms with Crippen LogP contribution in [0.1, 0.15) is 9.88 Å². The second kappa shape index (κ2) is 8.98. The van der Waals surface area contributed by atoms with E-state index in [0.717, 1.165) is 28.8 Å². The number of rotatable bonds is 5. The van der Waals surface area contributed by atoms with Gasteiger partial charge in [-0.15, -0.1) is 11.3 Å². The molecule has 8 heteroatoms. The van der Waals surface area contributed by atoms with E-state index in [4.69, 9.17) is 14.6 Å². The highest BCUT2D eigenvalue weighted by molar-refractivity contribution is 7.11. The molecule has 0 saturated heterocycles. The number of aromatic nitrogens is 3. The maximum Gasteiger partial charge on any atom is 0.290 e. The number of ether oxygens (including phenoxy) is 1. The first-order valence-electron chi connectivity index (χ1n) is 6.19. The molecule has 0 unspecified atom stereocenters. The third-order valence-electron chi connectivity index (χ3n) is 2.41. The number of thiazole rings is 1. The zero-order chi connectivity index (χ0) is 15.7. The molecule has 0 spiro atoms. The molecule has 114 valence electrons. The Hall–Kier alpha value is -2.06. The van der Waals surface area contributed by atoms with Crippen molar-refractivity contribution in [2.75, 3.05) is 25.6 Å². The molecular formula is C13H18N4O3S. The van der Waals surface area contributed by atoms with Crippen LogP contribution in [0.4, 0.5) is 5.82 Å². The van der Waals surface area contributed by atoms with Gasteiger partial charge in [0.1, 0.15) is 17.2 Å². The van der Waals surface area contributed by atoms with Gasteiger partial charge < -0.3 is 15.2 Å². The fraction of sp³-hybridized carbons (Fsp3) is 0.385. The van der Waals surface area contributed by atoms with Gasteiger partial charge in [-0.1, -0.05) is 0 Å². The summed E-state index contributed by atoms with van der Waals surface area (Å²) in [5.41, 5.74) is 1.74. The third-order valence-corrected chi connectivity index (χ3v) is 3.30. The van der Waals surface area contributed by atoms with E-state index >= 15 is 0 Å². The first kappa shape index (κ1) is 17.0. The van der Waals surface area contributed by atoms with Crippen molar-refractivity contribution in [3.05, 3.63) is 22.3 Å². The number of hydrogen-bond donors (Lipinski definition) is 2. The van der Waals surface area contributed by atoms with Gasteiger partial charge in [-0.3, -0.25) is 4.79 Å². The van der Waals surface area contributed by atoms with Crippen LogP contribution in [0.3, 0.4) is 0 Å². The number of anilines is 1. The highest BCUT2D eigenvalue weighted by Gasteiger charge is 2.09. The molecule has 0 aromatic carbocycles. The zero-order valence-electron chi connectivity index (χ0n) is 12.2. The van der Waals surface area contributed by atoms with Crippen LogP contribution >= 0.6 is 11.3 Å². The average molecular weight is 310 g/mol. The molecule has 0 fully saturated rings. The Bertz CT molecular complexity index is 557. The Morgan fingerprint density at radius 3 is 2.57 bits per heavy atom. The Labute approximate surface area is 127 Å². The molecule has 2 aromatic rings. The maximum atomic E-state index is 8.36. The Morgan fingerprint density at radius 1 is 1.38 bits per heavy atom. The lowest BCUT2D eigenvalue weighted by Gasteiger charge is -2.04. The van der Waals surface area contributed by atoms with Gasteiger partial charge in [0, 0.05) is 18.5 Å². The number of methoxy groups -OCH3 is 1. The number of carbonyl (C=O) groups is 1. The lowest BCUT2D eigenvalue weighted by molar-refractivity contribution is -0.122. The number of nitrogens with zero attached hydrogens (tertiary/aromatic N) is 3. The molecule has 7 nitrogen and oxygen atoms in total. The summed E-state index contributed by atoms with van der Waals surface area (Å²) >= 11 is 1.67. The van der Waals surface area contributed by atoms with Crippen LogP contribution in [0.15, 0.2) is 12.4 Å². The molecule has 2 N–H and O–H groups in total. The third kappa shape index (κ3) is 5.44. The summed E-state index contributed by atoms with van der Waals surface area (Å²) in [4.78, 5) is 22.7. The normalized spacial score (nSPS) is 9.67. The predicted molar refractivity (Wildman–Crippen MR) is 81.7 cm³/mol. The minimum atomic E-state index is -0.250. The van der Waals surface area contributed by atoms with Crippen molar-refractivity contribution in [1.82, 2.24) is 15.0 Å². The van der Waals surface area contributed by atoms with E-state index in [0.29, 0.717) is 6.61 Å². The van der Waals surface area contributed by atoms with E-state index in [-0.39, 0.29) is 6.47 Å². The number of hydrogen-bond acceptors (Lipinski definition) is 7. The second-order valence-corrected chi connectivity index (χ2v) is 5.36. The SMILES string of the molecule is COCCNc1cnc(-c2nc(C)sc2C)cn1.O=CO. The topological polar surface area (TPSA) is 97.2 Å². The van der Waals surface area contributed by atoms with Crippen molar-refractivity contribution in [1.29, 1.82) is 0 Å². The quantitative estimate of drug-likeness (QED) is 0.643. The first-order valence-corrected chi connectivity index (χ1v) is 7.01. The van der Waals surface area contributed by atoms with Gasteiger partial charge in [-0.25, -0.2) is 15.0 Å². The summed E-state index contributed by atoms with van der Waals surface area (Å²) in [7, 11) is 1.67. The van der Waals surface area contributed by atoms with E-state index < -0.39 is 0 Å². The number of aryl methyl sites for hydroxylation is 2. The molecule has 0 aliphatic heterocycles. The molecule has 2 rings (SSSR count). The minimum absolute atomic E-state index is 0.250. The van der Waals surface area contributed by atoms with E-state index in [1.807, 2.05) is 13.8 Å². The zero-order valence-corrected chi connectivity index (χ0v) is 13.0. The molecule has 21 heavy (non-hydrogen) atoms. The van der Waals surface area contributed by atoms with Gasteiger partial charge >= 0.3 is 0 Å². The Kier molecular flexibility index (Phi) is 7.27. The molecule has 2 heterocycles. The van der Waals surface area contributed by atoms with Crippen LogP contribution in [0, 0.1) is 13.8 Å². The number of nitrogens with one attached hydrogen (secondary N) is 1. The van der Waals surface area contributed by atoms with Crippen LogP contribution < -0.4 is 5.32 Å². The summed E-state index contributed by atoms with van der Waals surface area (Å²) in [5.74, 6) is 0.750. The van der Waals surface area contributed by atoms with Crippen molar-refractivity contribution in [2.45, 2.75) is 13.8 Å². The fourth-order valence-electron chi connectivity index (χ4n) is 1.59. The van der Waals surface area contributed by atoms with E-state index in [2.05, 4.69) is 20.3 Å². The molecule has 0 atom stereocenters. The van der Waals surface area contributed by atoms with Crippen molar-refractivity contribution in [3.8, 4) is 11.4 Å². The maximum absolute atomic E-state index is 8.36. The molecule has 0 aliphatic carbocycles. The molecule has 0 saturated carbocycles. The summed E-state index contributed by atoms with van der Waals surface area (Å²) in [6.07, 6.45) is 3.47. The summed E-state index contributed by atoms with van der Waals surface area (Å²) in [6.45, 7) is 5.16. The smallest absolute Gasteiger partial charge is 0.290 e. The fourth-order valence-corrected chi connectivity index (χ4v) is 2.42. The predicted octanol–water partition coefficient (Wildman–Crippen LogP) is 1.98. The van der Waals surface area contributed by atoms with Gasteiger partial charge in [-0.05, 0) is 13.8 Å². The van der Waals surface area contributed by atoms with Crippen molar-refractivity contribution in [3.63, 3.8) is 0 Å². The second-order valence-electron chi connectivity index (χ2n) is 3.95. The van der Waals surface area contributed by atoms with Crippen molar-refractivity contribution < 1.29 is 14.6 Å². The summed E-state index contributed by atoms with van der Waals surface area (Å²) in [5, 5.41) is 11.1. The van der Waals surface area contributed by atoms with Crippen molar-refractivity contribution in [2.24, 2.45) is 0 Å². The monoisotopic (exact) mass is 310 g/mol. The van der Waals surface area contributed by atoms with Gasteiger partial charge in [0.15, 0.2) is 0 Å². The van der Waals surface area contributed by atoms with Crippen LogP contribution in [-0.2, 0) is 9.53 Å². The molecule has 0 aliphatic rings. The van der Waals surface area contributed by atoms with Gasteiger partial charge in [0.05, 0.1) is 24.0 Å². The highest BCUT2D eigenvalue weighted by atomic mass is 32.1. The lowest BCUT2D eigenvalue weighted by atomic mass is 10.3. The first-order chi connectivity index (χ1) is 10.1. The van der Waals surface area contributed by atoms with Gasteiger partial charge in [0.25, 0.3) is 6.47 Å². The van der Waals surface area contributed by atoms with E-state index in [1.165, 1.54) is 4.88 Å². The molecule has 2 aromatic heterocycles. The number of carboxylic acid groups (broad SMARTS) is 1. The van der Waals surface area contributed by atoms with Crippen LogP contribution in [-0.4, -0.2) is 46.8 Å². The standard InChI is InChI=1S/C12H16N4OS.CH2O2/c1-8-12(16-9(2)18-8)10-6-15-11(7-14-10)13-4-5-17-3;2-1-3/h6-7H,4-5H2,1-3H3,(H,13,15);1H,(H,2,3). The molecule has 0 amide bonds. The van der Waals surface area contributed by atoms with Gasteiger partial charge in [-0.2, -0.15) is 0 Å². The average Bonchev–Trinajstić information content (AvgIpc) is 2.80. The summed E-state index contributed by atoms with van der Waals surface area (Å²) < 4.78 is 4.96. The molecule has 0 radical (unpaired) electrons. The molecule has 0 bridgehead atoms. The summed E-state index contributed by atoms with van der Waals surface area (Å²) in [6, 6.07) is 0. The van der Waals surface area contributed by atoms with E-state index in [9.17, 15) is 0 Å². The largest absolute Gasteiger partial charge is 0.483 e. The van der Waals surface area contributed by atoms with Gasteiger partial charge in [0.2, 0.25) is 0 Å². The minimum Gasteiger partial charge on any atom is -0.483 e. The lowest BCUT2D eigenvalue weighted by Crippen LogP contribution is -2.09.